The second-order valence-electron chi connectivity index (χ2n) is 9.22. The number of nitrogens with zero attached hydrogens (tertiary/aromatic N) is 2. The van der Waals surface area contributed by atoms with E-state index in [0.717, 1.165) is 29.3 Å². The van der Waals surface area contributed by atoms with E-state index in [4.69, 9.17) is 4.52 Å². The summed E-state index contributed by atoms with van der Waals surface area (Å²) in [4.78, 5) is 4.08. The zero-order valence-corrected chi connectivity index (χ0v) is 21.4. The van der Waals surface area contributed by atoms with Crippen molar-refractivity contribution in [3.05, 3.63) is 77.7 Å². The molecule has 4 aromatic rings. The average molecular weight is 516 g/mol. The lowest BCUT2D eigenvalue weighted by Crippen LogP contribution is -2.42. The highest BCUT2D eigenvalue weighted by atomic mass is 32.2. The Morgan fingerprint density at radius 2 is 1.77 bits per heavy atom. The van der Waals surface area contributed by atoms with E-state index in [9.17, 15) is 17.4 Å². The molecular weight excluding hydrogens is 489 g/mol. The third kappa shape index (κ3) is 5.56. The van der Waals surface area contributed by atoms with E-state index in [1.807, 2.05) is 69.3 Å². The third-order valence-electron chi connectivity index (χ3n) is 5.44. The second-order valence-corrected chi connectivity index (χ2v) is 13.2. The molecule has 0 amide bonds. The summed E-state index contributed by atoms with van der Waals surface area (Å²) in [7, 11) is -3.64. The molecule has 2 atom stereocenters. The summed E-state index contributed by atoms with van der Waals surface area (Å²) in [6.07, 6.45) is 0.982. The lowest BCUT2D eigenvalue weighted by atomic mass is 9.94. The molecule has 2 aromatic carbocycles. The first-order valence-electron chi connectivity index (χ1n) is 10.9. The molecule has 4 rings (SSSR count). The summed E-state index contributed by atoms with van der Waals surface area (Å²) >= 11 is -1.52. The molecule has 0 saturated carbocycles. The maximum absolute atomic E-state index is 14.8. The Hall–Kier alpha value is -2.79. The number of pyridine rings is 1. The van der Waals surface area contributed by atoms with Gasteiger partial charge >= 0.3 is 0 Å². The van der Waals surface area contributed by atoms with Crippen LogP contribution < -0.4 is 4.72 Å². The number of hydrogen-bond acceptors (Lipinski definition) is 7. The largest absolute Gasteiger partial charge is 0.598 e. The normalized spacial score (nSPS) is 14.2. The zero-order chi connectivity index (χ0) is 25.4. The standard InChI is InChI=1S/C25H26FN3O4S2/c1-25(2,3)34(30)29-20(15-21-19(26)13-14-23(27-21)35(4,31)32)16-9-5-6-10-17(16)24-18-11-7-8-12-22(18)33-28-24/h5-14,20,29H,15H2,1-4H3. The fourth-order valence-corrected chi connectivity index (χ4v) is 5.04. The number of sulfone groups is 1. The maximum Gasteiger partial charge on any atom is 0.192 e. The number of para-hydroxylation sites is 1. The summed E-state index contributed by atoms with van der Waals surface area (Å²) in [5.74, 6) is -0.643. The topological polar surface area (TPSA) is 108 Å². The zero-order valence-electron chi connectivity index (χ0n) is 19.8. The number of aromatic nitrogens is 2. The average Bonchev–Trinajstić information content (AvgIpc) is 3.22. The van der Waals surface area contributed by atoms with Gasteiger partial charge in [0, 0.05) is 35.0 Å². The van der Waals surface area contributed by atoms with E-state index in [0.29, 0.717) is 16.8 Å². The molecule has 35 heavy (non-hydrogen) atoms. The first-order chi connectivity index (χ1) is 16.4. The molecule has 0 aliphatic heterocycles. The maximum atomic E-state index is 14.8. The molecule has 0 spiro atoms. The van der Waals surface area contributed by atoms with Crippen molar-refractivity contribution in [2.24, 2.45) is 0 Å². The van der Waals surface area contributed by atoms with E-state index in [-0.39, 0.29) is 17.1 Å². The van der Waals surface area contributed by atoms with Crippen LogP contribution in [0.15, 0.2) is 70.2 Å². The predicted molar refractivity (Wildman–Crippen MR) is 134 cm³/mol. The molecule has 184 valence electrons. The molecule has 10 heteroatoms. The Morgan fingerprint density at radius 3 is 2.49 bits per heavy atom. The quantitative estimate of drug-likeness (QED) is 0.353. The molecule has 2 unspecified atom stereocenters. The van der Waals surface area contributed by atoms with Crippen LogP contribution in [0.4, 0.5) is 4.39 Å². The summed E-state index contributed by atoms with van der Waals surface area (Å²) < 4.78 is 60.0. The predicted octanol–water partition coefficient (Wildman–Crippen LogP) is 4.77. The van der Waals surface area contributed by atoms with Crippen molar-refractivity contribution < 1.29 is 21.9 Å². The van der Waals surface area contributed by atoms with Crippen LogP contribution in [0.1, 0.15) is 38.1 Å². The Morgan fingerprint density at radius 1 is 1.09 bits per heavy atom. The smallest absolute Gasteiger partial charge is 0.192 e. The lowest BCUT2D eigenvalue weighted by Gasteiger charge is -2.29. The van der Waals surface area contributed by atoms with Crippen LogP contribution in [0, 0.1) is 5.82 Å². The molecule has 0 aliphatic carbocycles. The van der Waals surface area contributed by atoms with Gasteiger partial charge in [0.2, 0.25) is 0 Å². The molecule has 1 N–H and O–H groups in total. The van der Waals surface area contributed by atoms with Crippen LogP contribution in [0.2, 0.25) is 0 Å². The molecular formula is C25H26FN3O4S2. The van der Waals surface area contributed by atoms with Crippen LogP contribution in [-0.2, 0) is 27.6 Å². The van der Waals surface area contributed by atoms with E-state index in [2.05, 4.69) is 14.9 Å². The van der Waals surface area contributed by atoms with Crippen molar-refractivity contribution in [3.8, 4) is 11.3 Å². The molecule has 0 radical (unpaired) electrons. The van der Waals surface area contributed by atoms with E-state index in [1.54, 1.807) is 0 Å². The van der Waals surface area contributed by atoms with E-state index < -0.39 is 37.8 Å². The van der Waals surface area contributed by atoms with Crippen molar-refractivity contribution in [2.45, 2.75) is 43.0 Å². The van der Waals surface area contributed by atoms with Gasteiger partial charge in [-0.25, -0.2) is 17.8 Å². The van der Waals surface area contributed by atoms with Gasteiger partial charge in [0.25, 0.3) is 0 Å². The number of halogens is 1. The molecule has 0 fully saturated rings. The van der Waals surface area contributed by atoms with Gasteiger partial charge in [-0.15, -0.1) is 4.72 Å². The number of fused-ring (bicyclic) bond motifs is 1. The molecule has 2 heterocycles. The van der Waals surface area contributed by atoms with Gasteiger partial charge in [0.1, 0.15) is 16.3 Å². The van der Waals surface area contributed by atoms with Gasteiger partial charge < -0.3 is 9.08 Å². The molecule has 0 bridgehead atoms. The highest BCUT2D eigenvalue weighted by Gasteiger charge is 2.32. The first kappa shape index (κ1) is 25.3. The Labute approximate surface area is 207 Å². The van der Waals surface area contributed by atoms with Crippen LogP contribution in [0.25, 0.3) is 22.2 Å². The van der Waals surface area contributed by atoms with Crippen LogP contribution in [0.5, 0.6) is 0 Å². The minimum absolute atomic E-state index is 0.0379. The molecule has 0 aliphatic rings. The number of hydrogen-bond donors (Lipinski definition) is 1. The Bertz CT molecular complexity index is 1470. The van der Waals surface area contributed by atoms with Crippen molar-refractivity contribution in [2.75, 3.05) is 6.26 Å². The molecule has 0 saturated heterocycles. The van der Waals surface area contributed by atoms with Gasteiger partial charge in [-0.2, -0.15) is 0 Å². The first-order valence-corrected chi connectivity index (χ1v) is 14.0. The van der Waals surface area contributed by atoms with Gasteiger partial charge in [0.15, 0.2) is 20.4 Å². The van der Waals surface area contributed by atoms with Gasteiger partial charge in [-0.3, -0.25) is 0 Å². The third-order valence-corrected chi connectivity index (χ3v) is 8.04. The van der Waals surface area contributed by atoms with Crippen LogP contribution >= 0.6 is 0 Å². The monoisotopic (exact) mass is 515 g/mol. The van der Waals surface area contributed by atoms with E-state index in [1.165, 1.54) is 0 Å². The van der Waals surface area contributed by atoms with Crippen LogP contribution in [0.3, 0.4) is 0 Å². The fraction of sp³-hybridized carbons (Fsp3) is 0.280. The second kappa shape index (κ2) is 9.69. The summed E-state index contributed by atoms with van der Waals surface area (Å²) in [6.45, 7) is 5.48. The highest BCUT2D eigenvalue weighted by Crippen LogP contribution is 2.35. The Kier molecular flexibility index (Phi) is 7.01. The lowest BCUT2D eigenvalue weighted by molar-refractivity contribution is 0.459. The van der Waals surface area contributed by atoms with Crippen molar-refractivity contribution in [1.82, 2.24) is 14.9 Å². The highest BCUT2D eigenvalue weighted by molar-refractivity contribution is 7.91. The van der Waals surface area contributed by atoms with Gasteiger partial charge in [0.05, 0.1) is 11.7 Å². The van der Waals surface area contributed by atoms with Crippen molar-refractivity contribution in [1.29, 1.82) is 0 Å². The summed E-state index contributed by atoms with van der Waals surface area (Å²) in [5, 5.41) is 4.84. The van der Waals surface area contributed by atoms with Crippen molar-refractivity contribution >= 4 is 32.2 Å². The minimum atomic E-state index is -3.64. The van der Waals surface area contributed by atoms with E-state index >= 15 is 0 Å². The van der Waals surface area contributed by atoms with Crippen molar-refractivity contribution in [3.63, 3.8) is 0 Å². The Balaban J connectivity index is 1.84. The SMILES string of the molecule is CC(C)(C)[S+]([O-])NC(Cc1nc(S(C)(=O)=O)ccc1F)c1ccccc1-c1noc2ccccc12. The summed E-state index contributed by atoms with van der Waals surface area (Å²) in [5.41, 5.74) is 2.60. The number of benzene rings is 2. The van der Waals surface area contributed by atoms with Gasteiger partial charge in [-0.1, -0.05) is 41.6 Å². The van der Waals surface area contributed by atoms with Crippen LogP contribution in [-0.4, -0.2) is 34.1 Å². The fourth-order valence-electron chi connectivity index (χ4n) is 3.63. The molecule has 7 nitrogen and oxygen atoms in total. The summed E-state index contributed by atoms with van der Waals surface area (Å²) in [6, 6.07) is 16.4. The molecule has 2 aromatic heterocycles. The number of rotatable bonds is 7. The number of nitrogens with one attached hydrogen (secondary N) is 1. The van der Waals surface area contributed by atoms with Gasteiger partial charge in [-0.05, 0) is 50.6 Å². The minimum Gasteiger partial charge on any atom is -0.598 e.